The molecule has 31 heavy (non-hydrogen) atoms. The molecule has 1 atom stereocenters. The molecule has 1 aliphatic heterocycles. The van der Waals surface area contributed by atoms with E-state index in [1.165, 1.54) is 10.8 Å². The molecule has 5 nitrogen and oxygen atoms in total. The molecule has 0 saturated carbocycles. The van der Waals surface area contributed by atoms with Gasteiger partial charge >= 0.3 is 11.7 Å². The van der Waals surface area contributed by atoms with Crippen LogP contribution < -0.4 is 9.88 Å². The summed E-state index contributed by atoms with van der Waals surface area (Å²) < 4.78 is 48.1. The van der Waals surface area contributed by atoms with Gasteiger partial charge in [-0.1, -0.05) is 30.3 Å². The summed E-state index contributed by atoms with van der Waals surface area (Å²) in [4.78, 5) is 17.6. The molecule has 8 heteroatoms. The molecule has 0 radical (unpaired) electrons. The number of halogens is 3. The summed E-state index contributed by atoms with van der Waals surface area (Å²) >= 11 is 0. The van der Waals surface area contributed by atoms with E-state index in [1.807, 2.05) is 18.2 Å². The van der Waals surface area contributed by atoms with E-state index in [-0.39, 0.29) is 29.4 Å². The summed E-state index contributed by atoms with van der Waals surface area (Å²) in [6.07, 6.45) is 3.36. The molecule has 1 N–H and O–H groups in total. The maximum Gasteiger partial charge on any atom is 0.359 e. The summed E-state index contributed by atoms with van der Waals surface area (Å²) in [6, 6.07) is 13.6. The van der Waals surface area contributed by atoms with Crippen LogP contribution in [0.25, 0.3) is 22.5 Å². The van der Waals surface area contributed by atoms with E-state index in [2.05, 4.69) is 10.3 Å². The number of nitrogens with zero attached hydrogens (tertiary/aromatic N) is 2. The van der Waals surface area contributed by atoms with Crippen LogP contribution in [0, 0.1) is 17.5 Å². The minimum absolute atomic E-state index is 0.0110. The van der Waals surface area contributed by atoms with Gasteiger partial charge in [-0.3, -0.25) is 5.32 Å². The van der Waals surface area contributed by atoms with Crippen molar-refractivity contribution in [2.75, 3.05) is 5.32 Å². The zero-order valence-electron chi connectivity index (χ0n) is 16.0. The van der Waals surface area contributed by atoms with Gasteiger partial charge in [-0.05, 0) is 24.3 Å². The van der Waals surface area contributed by atoms with Crippen LogP contribution in [0.2, 0.25) is 0 Å². The SMILES string of the molecule is O=C1C(Cc2ccco2)Nc2c(-c3cc(F)c(F)c(F)c3)nc(-c3ccccc3)c[n+]21. The average Bonchev–Trinajstić information content (AvgIpc) is 3.40. The molecule has 1 aliphatic rings. The first-order chi connectivity index (χ1) is 15.0. The quantitative estimate of drug-likeness (QED) is 0.392. The number of fused-ring (bicyclic) bond motifs is 1. The highest BCUT2D eigenvalue weighted by Gasteiger charge is 2.42. The Morgan fingerprint density at radius 3 is 2.42 bits per heavy atom. The monoisotopic (exact) mass is 422 g/mol. The Morgan fingerprint density at radius 1 is 1.00 bits per heavy atom. The molecule has 0 saturated heterocycles. The largest absolute Gasteiger partial charge is 0.469 e. The van der Waals surface area contributed by atoms with Gasteiger partial charge in [0.05, 0.1) is 12.7 Å². The molecule has 1 unspecified atom stereocenters. The van der Waals surface area contributed by atoms with Crippen LogP contribution in [0.1, 0.15) is 10.6 Å². The van der Waals surface area contributed by atoms with Gasteiger partial charge in [-0.25, -0.2) is 22.9 Å². The zero-order valence-corrected chi connectivity index (χ0v) is 16.0. The Morgan fingerprint density at radius 2 is 1.74 bits per heavy atom. The predicted molar refractivity (Wildman–Crippen MR) is 106 cm³/mol. The number of anilines is 1. The third kappa shape index (κ3) is 3.35. The van der Waals surface area contributed by atoms with Crippen LogP contribution in [0.3, 0.4) is 0 Å². The summed E-state index contributed by atoms with van der Waals surface area (Å²) in [5.74, 6) is -3.63. The molecule has 0 bridgehead atoms. The maximum atomic E-state index is 14.0. The molecular formula is C23H15F3N3O2+. The fourth-order valence-corrected chi connectivity index (χ4v) is 3.62. The Bertz CT molecular complexity index is 1270. The summed E-state index contributed by atoms with van der Waals surface area (Å²) in [7, 11) is 0. The first-order valence-corrected chi connectivity index (χ1v) is 9.51. The van der Waals surface area contributed by atoms with Gasteiger partial charge in [0.1, 0.15) is 17.7 Å². The third-order valence-corrected chi connectivity index (χ3v) is 5.11. The number of aromatic nitrogens is 2. The van der Waals surface area contributed by atoms with E-state index in [4.69, 9.17) is 4.42 Å². The van der Waals surface area contributed by atoms with Crippen molar-refractivity contribution in [2.45, 2.75) is 12.5 Å². The van der Waals surface area contributed by atoms with Gasteiger partial charge in [-0.15, -0.1) is 0 Å². The Kier molecular flexibility index (Phi) is 4.54. The number of carbonyl (C=O) groups excluding carboxylic acids is 1. The Hall–Kier alpha value is -3.94. The fourth-order valence-electron chi connectivity index (χ4n) is 3.62. The summed E-state index contributed by atoms with van der Waals surface area (Å²) in [6.45, 7) is 0. The van der Waals surface area contributed by atoms with E-state index < -0.39 is 23.5 Å². The van der Waals surface area contributed by atoms with Crippen molar-refractivity contribution in [3.8, 4) is 22.5 Å². The van der Waals surface area contributed by atoms with Gasteiger partial charge in [0.2, 0.25) is 6.04 Å². The van der Waals surface area contributed by atoms with Crippen molar-refractivity contribution >= 4 is 11.7 Å². The predicted octanol–water partition coefficient (Wildman–Crippen LogP) is 4.39. The molecule has 5 rings (SSSR count). The van der Waals surface area contributed by atoms with E-state index in [0.717, 1.165) is 12.1 Å². The van der Waals surface area contributed by atoms with Gasteiger partial charge in [-0.2, -0.15) is 4.57 Å². The number of carbonyl (C=O) groups is 1. The number of nitrogens with one attached hydrogen (secondary N) is 1. The van der Waals surface area contributed by atoms with E-state index >= 15 is 0 Å². The molecule has 0 spiro atoms. The van der Waals surface area contributed by atoms with E-state index in [9.17, 15) is 18.0 Å². The van der Waals surface area contributed by atoms with Gasteiger partial charge in [0.25, 0.3) is 0 Å². The van der Waals surface area contributed by atoms with E-state index in [0.29, 0.717) is 17.0 Å². The lowest BCUT2D eigenvalue weighted by Gasteiger charge is -2.08. The van der Waals surface area contributed by atoms with Crippen LogP contribution in [-0.2, 0) is 6.42 Å². The van der Waals surface area contributed by atoms with Crippen molar-refractivity contribution in [1.29, 1.82) is 0 Å². The summed E-state index contributed by atoms with van der Waals surface area (Å²) in [5.41, 5.74) is 1.29. The second kappa shape index (κ2) is 7.39. The van der Waals surface area contributed by atoms with Crippen LogP contribution in [0.5, 0.6) is 0 Å². The van der Waals surface area contributed by atoms with Crippen molar-refractivity contribution < 1.29 is 27.0 Å². The molecule has 0 amide bonds. The highest BCUT2D eigenvalue weighted by Crippen LogP contribution is 2.31. The van der Waals surface area contributed by atoms with E-state index in [1.54, 1.807) is 30.5 Å². The Labute approximate surface area is 174 Å². The van der Waals surface area contributed by atoms with Crippen molar-refractivity contribution in [2.24, 2.45) is 0 Å². The molecule has 3 heterocycles. The number of rotatable bonds is 4. The third-order valence-electron chi connectivity index (χ3n) is 5.11. The molecule has 4 aromatic rings. The first-order valence-electron chi connectivity index (χ1n) is 9.51. The zero-order chi connectivity index (χ0) is 21.5. The van der Waals surface area contributed by atoms with Gasteiger partial charge in [0.15, 0.2) is 23.1 Å². The van der Waals surface area contributed by atoms with Crippen molar-refractivity contribution in [1.82, 2.24) is 4.98 Å². The lowest BCUT2D eigenvalue weighted by molar-refractivity contribution is -0.551. The molecule has 2 aromatic heterocycles. The standard InChI is InChI=1S/C23H14F3N3O2/c24-16-9-14(10-17(25)20(16)26)21-22-28-18(11-15-7-4-8-31-15)23(30)29(22)12-19(27-21)13-5-2-1-3-6-13/h1-10,12,18H,11H2/p+1. The lowest BCUT2D eigenvalue weighted by atomic mass is 10.1. The second-order valence-corrected chi connectivity index (χ2v) is 7.13. The highest BCUT2D eigenvalue weighted by molar-refractivity contribution is 5.86. The maximum absolute atomic E-state index is 14.0. The topological polar surface area (TPSA) is 59.0 Å². The molecule has 154 valence electrons. The van der Waals surface area contributed by atoms with Gasteiger partial charge in [0, 0.05) is 11.1 Å². The Balaban J connectivity index is 1.67. The fraction of sp³-hybridized carbons (Fsp3) is 0.0870. The molecule has 0 aliphatic carbocycles. The molecular weight excluding hydrogens is 407 g/mol. The number of furan rings is 1. The minimum atomic E-state index is -1.56. The van der Waals surface area contributed by atoms with Crippen LogP contribution >= 0.6 is 0 Å². The van der Waals surface area contributed by atoms with Crippen molar-refractivity contribution in [3.63, 3.8) is 0 Å². The van der Waals surface area contributed by atoms with Crippen LogP contribution in [0.4, 0.5) is 19.0 Å². The summed E-state index contributed by atoms with van der Waals surface area (Å²) in [5, 5.41) is 3.07. The number of hydrogen-bond acceptors (Lipinski definition) is 4. The number of benzene rings is 2. The normalized spacial score (nSPS) is 15.1. The molecule has 2 aromatic carbocycles. The minimum Gasteiger partial charge on any atom is -0.469 e. The van der Waals surface area contributed by atoms with Crippen LogP contribution in [-0.4, -0.2) is 16.9 Å². The average molecular weight is 422 g/mol. The van der Waals surface area contributed by atoms with Crippen LogP contribution in [0.15, 0.2) is 71.5 Å². The lowest BCUT2D eigenvalue weighted by Crippen LogP contribution is -2.43. The smallest absolute Gasteiger partial charge is 0.359 e. The second-order valence-electron chi connectivity index (χ2n) is 7.13. The number of hydrogen-bond donors (Lipinski definition) is 1. The van der Waals surface area contributed by atoms with Gasteiger partial charge < -0.3 is 4.42 Å². The first kappa shape index (κ1) is 19.0. The van der Waals surface area contributed by atoms with Crippen molar-refractivity contribution in [3.05, 3.63) is 90.3 Å². The molecule has 0 fully saturated rings. The highest BCUT2D eigenvalue weighted by atomic mass is 19.2.